The summed E-state index contributed by atoms with van der Waals surface area (Å²) in [6.07, 6.45) is 15.1. The number of amidine groups is 1. The van der Waals surface area contributed by atoms with Crippen LogP contribution in [0.1, 0.15) is 85.0 Å². The van der Waals surface area contributed by atoms with Crippen LogP contribution in [0.3, 0.4) is 0 Å². The van der Waals surface area contributed by atoms with Gasteiger partial charge in [-0.15, -0.1) is 0 Å². The van der Waals surface area contributed by atoms with Gasteiger partial charge in [0.15, 0.2) is 6.71 Å². The Hall–Kier alpha value is -0.665. The fourth-order valence-corrected chi connectivity index (χ4v) is 11.4. The SMILES string of the molecule is CC(C)(C)C1CC2CCC3B4C5CCCCC5C5CCC6N=C7OC(C1)C2C3N7C6C45. The van der Waals surface area contributed by atoms with E-state index in [0.29, 0.717) is 23.6 Å². The highest BCUT2D eigenvalue weighted by molar-refractivity contribution is 6.65. The van der Waals surface area contributed by atoms with Crippen LogP contribution in [-0.4, -0.2) is 41.9 Å². The van der Waals surface area contributed by atoms with Crippen LogP contribution in [0.4, 0.5) is 0 Å². The molecule has 0 aromatic rings. The second kappa shape index (κ2) is 6.06. The highest BCUT2D eigenvalue weighted by Crippen LogP contribution is 2.70. The number of nitrogens with zero attached hydrogens (tertiary/aromatic N) is 2. The molecule has 4 saturated carbocycles. The maximum Gasteiger partial charge on any atom is 0.288 e. The zero-order chi connectivity index (χ0) is 20.6. The van der Waals surface area contributed by atoms with Gasteiger partial charge >= 0.3 is 0 Å². The van der Waals surface area contributed by atoms with Crippen LogP contribution in [0.5, 0.6) is 0 Å². The molecule has 0 N–H and O–H groups in total. The topological polar surface area (TPSA) is 24.8 Å². The molecule has 31 heavy (non-hydrogen) atoms. The number of aliphatic imine (C=N–C) groups is 1. The van der Waals surface area contributed by atoms with Gasteiger partial charge in [0.05, 0.1) is 12.1 Å². The third kappa shape index (κ3) is 2.27. The standard InChI is InChI=1S/C27H41BN2O/c1-27(2,3)15-12-14-8-10-19-24-22(14)21(13-15)31-26-29-20-11-9-17-16-6-4-5-7-18(16)28(19)23(17)25(20)30(24)26/h14-25H,4-13H2,1-3H3. The average molecular weight is 420 g/mol. The summed E-state index contributed by atoms with van der Waals surface area (Å²) >= 11 is 0. The molecule has 4 aliphatic carbocycles. The summed E-state index contributed by atoms with van der Waals surface area (Å²) in [5.74, 6) is 7.50. The average Bonchev–Trinajstić information content (AvgIpc) is 3.29. The van der Waals surface area contributed by atoms with Crippen LogP contribution in [0.25, 0.3) is 0 Å². The molecule has 0 amide bonds. The summed E-state index contributed by atoms with van der Waals surface area (Å²) < 4.78 is 6.92. The van der Waals surface area contributed by atoms with Crippen molar-refractivity contribution in [3.05, 3.63) is 0 Å². The Morgan fingerprint density at radius 3 is 2.65 bits per heavy atom. The summed E-state index contributed by atoms with van der Waals surface area (Å²) in [6.45, 7) is 8.42. The lowest BCUT2D eigenvalue weighted by Crippen LogP contribution is -2.70. The van der Waals surface area contributed by atoms with Crippen molar-refractivity contribution >= 4 is 12.7 Å². The Balaban J connectivity index is 1.23. The summed E-state index contributed by atoms with van der Waals surface area (Å²) in [6, 6.07) is 3.16. The lowest BCUT2D eigenvalue weighted by Gasteiger charge is -2.64. The predicted molar refractivity (Wildman–Crippen MR) is 126 cm³/mol. The van der Waals surface area contributed by atoms with Crippen molar-refractivity contribution in [3.8, 4) is 0 Å². The fourth-order valence-electron chi connectivity index (χ4n) is 11.4. The Kier molecular flexibility index (Phi) is 3.66. The van der Waals surface area contributed by atoms with E-state index >= 15 is 0 Å². The molecule has 4 heterocycles. The first kappa shape index (κ1) is 18.7. The molecule has 12 unspecified atom stereocenters. The van der Waals surface area contributed by atoms with Gasteiger partial charge in [-0.2, -0.15) is 0 Å². The highest BCUT2D eigenvalue weighted by Gasteiger charge is 2.71. The van der Waals surface area contributed by atoms with Crippen molar-refractivity contribution in [1.82, 2.24) is 4.90 Å². The lowest BCUT2D eigenvalue weighted by atomic mass is 9.23. The summed E-state index contributed by atoms with van der Waals surface area (Å²) in [7, 11) is 0. The van der Waals surface area contributed by atoms with Gasteiger partial charge in [-0.25, -0.2) is 4.99 Å². The highest BCUT2D eigenvalue weighted by atomic mass is 16.5. The van der Waals surface area contributed by atoms with E-state index in [-0.39, 0.29) is 0 Å². The van der Waals surface area contributed by atoms with Crippen LogP contribution < -0.4 is 0 Å². The van der Waals surface area contributed by atoms with Crippen molar-refractivity contribution in [3.63, 3.8) is 0 Å². The number of rotatable bonds is 0. The van der Waals surface area contributed by atoms with Gasteiger partial charge in [-0.3, -0.25) is 0 Å². The van der Waals surface area contributed by atoms with E-state index < -0.39 is 0 Å². The first-order valence-electron chi connectivity index (χ1n) is 14.0. The van der Waals surface area contributed by atoms with Gasteiger partial charge in [0, 0.05) is 12.0 Å². The molecule has 3 nitrogen and oxygen atoms in total. The van der Waals surface area contributed by atoms with Gasteiger partial charge < -0.3 is 9.64 Å². The molecule has 8 rings (SSSR count). The molecular weight excluding hydrogens is 379 g/mol. The molecular formula is C27H41BN2O. The second-order valence-corrected chi connectivity index (χ2v) is 14.1. The first-order valence-corrected chi connectivity index (χ1v) is 14.0. The minimum atomic E-state index is 0.402. The van der Waals surface area contributed by atoms with E-state index in [1.807, 2.05) is 0 Å². The monoisotopic (exact) mass is 420 g/mol. The molecule has 0 bridgehead atoms. The van der Waals surface area contributed by atoms with Crippen molar-refractivity contribution in [1.29, 1.82) is 0 Å². The Labute approximate surface area is 189 Å². The summed E-state index contributed by atoms with van der Waals surface area (Å²) in [5.41, 5.74) is 0.402. The third-order valence-electron chi connectivity index (χ3n) is 12.3. The smallest absolute Gasteiger partial charge is 0.288 e. The number of fused-ring (bicyclic) bond motifs is 4. The minimum Gasteiger partial charge on any atom is -0.461 e. The van der Waals surface area contributed by atoms with Crippen molar-refractivity contribution < 1.29 is 4.74 Å². The van der Waals surface area contributed by atoms with Crippen molar-refractivity contribution in [2.24, 2.45) is 40.0 Å². The van der Waals surface area contributed by atoms with E-state index in [1.54, 1.807) is 12.8 Å². The Morgan fingerprint density at radius 1 is 0.903 bits per heavy atom. The number of ether oxygens (including phenoxy) is 1. The van der Waals surface area contributed by atoms with E-state index in [9.17, 15) is 0 Å². The van der Waals surface area contributed by atoms with Crippen molar-refractivity contribution in [2.75, 3.05) is 0 Å². The minimum absolute atomic E-state index is 0.402. The molecule has 168 valence electrons. The molecule has 4 aliphatic heterocycles. The number of hydrogen-bond acceptors (Lipinski definition) is 3. The van der Waals surface area contributed by atoms with Crippen LogP contribution in [0.15, 0.2) is 4.99 Å². The predicted octanol–water partition coefficient (Wildman–Crippen LogP) is 5.88. The van der Waals surface area contributed by atoms with Gasteiger partial charge in [-0.1, -0.05) is 65.1 Å². The molecule has 7 fully saturated rings. The van der Waals surface area contributed by atoms with E-state index in [4.69, 9.17) is 9.73 Å². The van der Waals surface area contributed by atoms with Crippen molar-refractivity contribution in [2.45, 2.75) is 127 Å². The van der Waals surface area contributed by atoms with Crippen LogP contribution >= 0.6 is 0 Å². The zero-order valence-corrected chi connectivity index (χ0v) is 19.9. The molecule has 0 aromatic heterocycles. The van der Waals surface area contributed by atoms with Crippen LogP contribution in [0, 0.1) is 35.0 Å². The molecule has 0 aromatic carbocycles. The molecule has 4 heteroatoms. The van der Waals surface area contributed by atoms with Gasteiger partial charge in [0.1, 0.15) is 6.10 Å². The third-order valence-corrected chi connectivity index (χ3v) is 12.3. The lowest BCUT2D eigenvalue weighted by molar-refractivity contribution is -0.111. The zero-order valence-electron chi connectivity index (χ0n) is 19.9. The fraction of sp³-hybridized carbons (Fsp3) is 0.963. The normalized spacial score (nSPS) is 55.9. The molecule has 0 spiro atoms. The van der Waals surface area contributed by atoms with E-state index in [0.717, 1.165) is 65.8 Å². The summed E-state index contributed by atoms with van der Waals surface area (Å²) in [5, 5.41) is 0. The van der Waals surface area contributed by atoms with E-state index in [1.165, 1.54) is 51.4 Å². The molecule has 3 saturated heterocycles. The molecule has 12 atom stereocenters. The van der Waals surface area contributed by atoms with E-state index in [2.05, 4.69) is 25.7 Å². The maximum absolute atomic E-state index is 6.92. The number of hydrogen-bond donors (Lipinski definition) is 0. The molecule has 0 radical (unpaired) electrons. The largest absolute Gasteiger partial charge is 0.461 e. The Morgan fingerprint density at radius 2 is 1.77 bits per heavy atom. The summed E-state index contributed by atoms with van der Waals surface area (Å²) in [4.78, 5) is 8.25. The van der Waals surface area contributed by atoms with Crippen LogP contribution in [0.2, 0.25) is 17.5 Å². The van der Waals surface area contributed by atoms with Gasteiger partial charge in [0.25, 0.3) is 6.02 Å². The maximum atomic E-state index is 6.92. The van der Waals surface area contributed by atoms with Gasteiger partial charge in [-0.05, 0) is 66.4 Å². The Bertz CT molecular complexity index is 821. The first-order chi connectivity index (χ1) is 15.0. The van der Waals surface area contributed by atoms with Crippen LogP contribution in [-0.2, 0) is 4.74 Å². The molecule has 8 aliphatic rings. The van der Waals surface area contributed by atoms with Gasteiger partial charge in [0.2, 0.25) is 0 Å². The second-order valence-electron chi connectivity index (χ2n) is 14.1. The quantitative estimate of drug-likeness (QED) is 0.458.